The zero-order valence-electron chi connectivity index (χ0n) is 23.8. The third-order valence-electron chi connectivity index (χ3n) is 6.77. The van der Waals surface area contributed by atoms with Gasteiger partial charge in [0.15, 0.2) is 5.82 Å². The number of halogens is 1. The Morgan fingerprint density at radius 1 is 1.17 bits per heavy atom. The fourth-order valence-corrected chi connectivity index (χ4v) is 5.30. The molecule has 0 aliphatic carbocycles. The van der Waals surface area contributed by atoms with E-state index < -0.39 is 15.9 Å². The van der Waals surface area contributed by atoms with Gasteiger partial charge < -0.3 is 30.9 Å². The van der Waals surface area contributed by atoms with Gasteiger partial charge in [-0.15, -0.1) is 0 Å². The highest BCUT2D eigenvalue weighted by Crippen LogP contribution is 2.38. The normalized spacial score (nSPS) is 13.4. The molecule has 2 heterocycles. The largest absolute Gasteiger partial charge is 0.494 e. The maximum atomic E-state index is 12.2. The lowest BCUT2D eigenvalue weighted by atomic mass is 10.0. The lowest BCUT2D eigenvalue weighted by molar-refractivity contribution is -0.112. The van der Waals surface area contributed by atoms with Crippen LogP contribution in [-0.4, -0.2) is 75.8 Å². The van der Waals surface area contributed by atoms with E-state index in [-0.39, 0.29) is 22.4 Å². The number of nitrogens with zero attached hydrogens (tertiary/aromatic N) is 4. The molecule has 1 aromatic heterocycles. The number of para-hydroxylation sites is 2. The number of amides is 1. The molecule has 0 spiro atoms. The zero-order chi connectivity index (χ0) is 30.4. The Balaban J connectivity index is 1.64. The Labute approximate surface area is 251 Å². The summed E-state index contributed by atoms with van der Waals surface area (Å²) in [7, 11) is -0.0307. The summed E-state index contributed by atoms with van der Waals surface area (Å²) >= 11 is 6.38. The summed E-state index contributed by atoms with van der Waals surface area (Å²) in [4.78, 5) is 25.4. The number of nitrogens with one attached hydrogen (secondary N) is 3. The summed E-state index contributed by atoms with van der Waals surface area (Å²) in [5.74, 6) is 0.237. The number of rotatable bonds is 13. The van der Waals surface area contributed by atoms with Crippen LogP contribution in [0, 0.1) is 0 Å². The monoisotopic (exact) mass is 614 g/mol. The summed E-state index contributed by atoms with van der Waals surface area (Å²) in [5, 5.41) is 6.39. The Hall–Kier alpha value is -4.07. The van der Waals surface area contributed by atoms with Gasteiger partial charge >= 0.3 is 0 Å². The summed E-state index contributed by atoms with van der Waals surface area (Å²) < 4.78 is 31.8. The predicted octanol–water partition coefficient (Wildman–Crippen LogP) is 4.03. The molecule has 224 valence electrons. The highest BCUT2D eigenvalue weighted by molar-refractivity contribution is 7.92. The SMILES string of the molecule is C=C(C(N)=O)c1cc(Nc2ncc(Cl)c(Nc3ccccc3NS(C)(=O)=O)n2)c(OC)cc1N(C)CCN1CCCC1. The quantitative estimate of drug-likeness (QED) is 0.207. The van der Waals surface area contributed by atoms with E-state index >= 15 is 0 Å². The van der Waals surface area contributed by atoms with Crippen molar-refractivity contribution < 1.29 is 17.9 Å². The number of anilines is 6. The third kappa shape index (κ3) is 7.81. The van der Waals surface area contributed by atoms with Crippen molar-refractivity contribution >= 4 is 67.6 Å². The molecular weight excluding hydrogens is 580 g/mol. The number of aromatic nitrogens is 2. The number of hydrogen-bond acceptors (Lipinski definition) is 10. The highest BCUT2D eigenvalue weighted by Gasteiger charge is 2.21. The van der Waals surface area contributed by atoms with Crippen LogP contribution < -0.4 is 30.7 Å². The van der Waals surface area contributed by atoms with Crippen molar-refractivity contribution in [3.63, 3.8) is 0 Å². The molecule has 2 aromatic carbocycles. The fraction of sp³-hybridized carbons (Fsp3) is 0.321. The van der Waals surface area contributed by atoms with Gasteiger partial charge in [0, 0.05) is 43.0 Å². The Kier molecular flexibility index (Phi) is 9.76. The molecule has 0 saturated carbocycles. The molecule has 5 N–H and O–H groups in total. The molecule has 4 rings (SSSR count). The Morgan fingerprint density at radius 3 is 2.50 bits per heavy atom. The van der Waals surface area contributed by atoms with Crippen LogP contribution in [0.4, 0.5) is 34.5 Å². The maximum Gasteiger partial charge on any atom is 0.248 e. The van der Waals surface area contributed by atoms with Crippen LogP contribution in [0.25, 0.3) is 5.57 Å². The minimum atomic E-state index is -3.52. The predicted molar refractivity (Wildman–Crippen MR) is 169 cm³/mol. The maximum absolute atomic E-state index is 12.2. The molecule has 0 atom stereocenters. The van der Waals surface area contributed by atoms with E-state index in [1.807, 2.05) is 13.1 Å². The van der Waals surface area contributed by atoms with Gasteiger partial charge in [0.05, 0.1) is 36.6 Å². The van der Waals surface area contributed by atoms with Crippen molar-refractivity contribution in [1.82, 2.24) is 14.9 Å². The van der Waals surface area contributed by atoms with Crippen molar-refractivity contribution in [2.24, 2.45) is 5.73 Å². The Bertz CT molecular complexity index is 1580. The van der Waals surface area contributed by atoms with Gasteiger partial charge in [0.2, 0.25) is 21.9 Å². The number of primary amides is 1. The molecule has 0 bridgehead atoms. The molecule has 1 saturated heterocycles. The van der Waals surface area contributed by atoms with E-state index in [0.717, 1.165) is 38.1 Å². The van der Waals surface area contributed by atoms with Gasteiger partial charge in [0.1, 0.15) is 10.8 Å². The molecule has 3 aromatic rings. The standard InChI is InChI=1S/C28H35ClN8O4S/c1-18(26(30)38)19-15-23(25(41-3)16-24(19)36(2)13-14-37-11-7-8-12-37)33-28-31-17-20(29)27(34-28)32-21-9-5-6-10-22(21)35-42(4,39)40/h5-6,9-10,15-17,35H,1,7-8,11-14H2,2-4H3,(H2,30,38)(H2,31,32,33,34). The van der Waals surface area contributed by atoms with E-state index in [0.29, 0.717) is 28.4 Å². The lowest BCUT2D eigenvalue weighted by Crippen LogP contribution is -2.32. The summed E-state index contributed by atoms with van der Waals surface area (Å²) in [6.07, 6.45) is 4.88. The van der Waals surface area contributed by atoms with Crippen molar-refractivity contribution in [3.05, 3.63) is 59.8 Å². The molecule has 12 nitrogen and oxygen atoms in total. The zero-order valence-corrected chi connectivity index (χ0v) is 25.3. The van der Waals surface area contributed by atoms with Crippen LogP contribution in [0.1, 0.15) is 18.4 Å². The smallest absolute Gasteiger partial charge is 0.248 e. The molecule has 1 aliphatic heterocycles. The number of benzene rings is 2. The van der Waals surface area contributed by atoms with Crippen molar-refractivity contribution in [2.45, 2.75) is 12.8 Å². The molecule has 0 unspecified atom stereocenters. The topological polar surface area (TPSA) is 155 Å². The van der Waals surface area contributed by atoms with Crippen molar-refractivity contribution in [2.75, 3.05) is 66.8 Å². The number of methoxy groups -OCH3 is 1. The van der Waals surface area contributed by atoms with Gasteiger partial charge in [-0.3, -0.25) is 9.52 Å². The summed E-state index contributed by atoms with van der Waals surface area (Å²) in [6, 6.07) is 10.3. The lowest BCUT2D eigenvalue weighted by Gasteiger charge is -2.27. The molecular formula is C28H35ClN8O4S. The summed E-state index contributed by atoms with van der Waals surface area (Å²) in [5.41, 5.74) is 8.31. The number of carbonyl (C=O) groups is 1. The number of carbonyl (C=O) groups excluding carboxylic acids is 1. The first-order valence-electron chi connectivity index (χ1n) is 13.2. The average Bonchev–Trinajstić information content (AvgIpc) is 3.47. The highest BCUT2D eigenvalue weighted by atomic mass is 35.5. The number of ether oxygens (including phenoxy) is 1. The van der Waals surface area contributed by atoms with Crippen LogP contribution in [0.2, 0.25) is 5.02 Å². The molecule has 14 heteroatoms. The number of likely N-dealkylation sites (tertiary alicyclic amines) is 1. The second-order valence-corrected chi connectivity index (χ2v) is 12.1. The first-order chi connectivity index (χ1) is 19.9. The van der Waals surface area contributed by atoms with Gasteiger partial charge in [-0.25, -0.2) is 13.4 Å². The van der Waals surface area contributed by atoms with Crippen molar-refractivity contribution in [1.29, 1.82) is 0 Å². The first-order valence-corrected chi connectivity index (χ1v) is 15.5. The minimum absolute atomic E-state index is 0.151. The van der Waals surface area contributed by atoms with E-state index in [1.165, 1.54) is 19.0 Å². The van der Waals surface area contributed by atoms with Crippen LogP contribution in [0.3, 0.4) is 0 Å². The number of hydrogen-bond donors (Lipinski definition) is 4. The number of nitrogens with two attached hydrogens (primary N) is 1. The van der Waals surface area contributed by atoms with Crippen molar-refractivity contribution in [3.8, 4) is 5.75 Å². The first kappa shape index (κ1) is 30.9. The van der Waals surface area contributed by atoms with Crippen LogP contribution in [0.5, 0.6) is 5.75 Å². The molecule has 0 radical (unpaired) electrons. The Morgan fingerprint density at radius 2 is 1.86 bits per heavy atom. The van der Waals surface area contributed by atoms with Crippen LogP contribution >= 0.6 is 11.6 Å². The average molecular weight is 615 g/mol. The second-order valence-electron chi connectivity index (χ2n) is 9.94. The third-order valence-corrected chi connectivity index (χ3v) is 7.64. The second kappa shape index (κ2) is 13.3. The molecule has 1 aliphatic rings. The van der Waals surface area contributed by atoms with Crippen LogP contribution in [0.15, 0.2) is 49.2 Å². The minimum Gasteiger partial charge on any atom is -0.494 e. The van der Waals surface area contributed by atoms with Crippen LogP contribution in [-0.2, 0) is 14.8 Å². The van der Waals surface area contributed by atoms with E-state index in [4.69, 9.17) is 22.1 Å². The van der Waals surface area contributed by atoms with Gasteiger partial charge in [-0.2, -0.15) is 4.98 Å². The van der Waals surface area contributed by atoms with E-state index in [1.54, 1.807) is 37.4 Å². The number of likely N-dealkylation sites (N-methyl/N-ethyl adjacent to an activating group) is 1. The van der Waals surface area contributed by atoms with E-state index in [2.05, 4.69) is 41.7 Å². The number of sulfonamides is 1. The van der Waals surface area contributed by atoms with Gasteiger partial charge in [0.25, 0.3) is 0 Å². The molecule has 1 amide bonds. The molecule has 1 fully saturated rings. The summed E-state index contributed by atoms with van der Waals surface area (Å²) in [6.45, 7) is 7.71. The van der Waals surface area contributed by atoms with Gasteiger partial charge in [-0.1, -0.05) is 30.3 Å². The van der Waals surface area contributed by atoms with E-state index in [9.17, 15) is 13.2 Å². The molecule has 42 heavy (non-hydrogen) atoms. The van der Waals surface area contributed by atoms with Gasteiger partial charge in [-0.05, 0) is 44.1 Å². The fourth-order valence-electron chi connectivity index (χ4n) is 4.59.